The van der Waals surface area contributed by atoms with Crippen LogP contribution in [0.2, 0.25) is 0 Å². The number of rotatable bonds is 5. The third-order valence-electron chi connectivity index (χ3n) is 3.11. The molecule has 4 nitrogen and oxygen atoms in total. The summed E-state index contributed by atoms with van der Waals surface area (Å²) in [6.07, 6.45) is 3.35. The molecule has 1 aromatic rings. The Morgan fingerprint density at radius 1 is 1.24 bits per heavy atom. The molecule has 4 heteroatoms. The smallest absolute Gasteiger partial charge is 0.276 e. The van der Waals surface area contributed by atoms with Gasteiger partial charge in [0.2, 0.25) is 5.78 Å². The molecule has 0 radical (unpaired) electrons. The number of hydrogen-bond donors (Lipinski definition) is 0. The van der Waals surface area contributed by atoms with Crippen LogP contribution in [0.5, 0.6) is 0 Å². The Balaban J connectivity index is 1.72. The predicted molar refractivity (Wildman–Crippen MR) is 77.7 cm³/mol. The molecule has 0 aliphatic carbocycles. The first-order valence-electron chi connectivity index (χ1n) is 7.13. The van der Waals surface area contributed by atoms with Crippen molar-refractivity contribution in [1.29, 1.82) is 0 Å². The van der Waals surface area contributed by atoms with Crippen LogP contribution in [-0.2, 0) is 14.3 Å². The van der Waals surface area contributed by atoms with Crippen molar-refractivity contribution >= 4 is 11.6 Å². The summed E-state index contributed by atoms with van der Waals surface area (Å²) in [6.45, 7) is 1.14. The number of hydrogen-bond acceptors (Lipinski definition) is 4. The van der Waals surface area contributed by atoms with Crippen LogP contribution < -0.4 is 0 Å². The fourth-order valence-electron chi connectivity index (χ4n) is 2.00. The van der Waals surface area contributed by atoms with E-state index in [-0.39, 0.29) is 6.29 Å². The average Bonchev–Trinajstić information content (AvgIpc) is 2.55. The average molecular weight is 286 g/mol. The first-order valence-corrected chi connectivity index (χ1v) is 7.13. The third-order valence-corrected chi connectivity index (χ3v) is 3.11. The molecule has 1 aliphatic rings. The summed E-state index contributed by atoms with van der Waals surface area (Å²) in [5.74, 6) is 3.78. The van der Waals surface area contributed by atoms with Crippen LogP contribution in [-0.4, -0.2) is 31.1 Å². The number of carbonyl (C=O) groups excluding carboxylic acids is 2. The molecule has 1 atom stereocenters. The van der Waals surface area contributed by atoms with Crippen LogP contribution in [0.1, 0.15) is 36.0 Å². The summed E-state index contributed by atoms with van der Waals surface area (Å²) in [6, 6.07) is 8.42. The van der Waals surface area contributed by atoms with E-state index in [1.165, 1.54) is 0 Å². The van der Waals surface area contributed by atoms with Gasteiger partial charge in [-0.1, -0.05) is 36.3 Å². The second-order valence-corrected chi connectivity index (χ2v) is 4.74. The van der Waals surface area contributed by atoms with Crippen LogP contribution in [0, 0.1) is 11.8 Å². The van der Waals surface area contributed by atoms with E-state index in [1.807, 2.05) is 0 Å². The highest BCUT2D eigenvalue weighted by Gasteiger charge is 2.14. The molecule has 0 aromatic heterocycles. The molecule has 0 amide bonds. The molecule has 0 bridgehead atoms. The van der Waals surface area contributed by atoms with Gasteiger partial charge in [0.25, 0.3) is 5.78 Å². The minimum atomic E-state index is -0.685. The summed E-state index contributed by atoms with van der Waals surface area (Å²) in [4.78, 5) is 23.4. The Morgan fingerprint density at radius 2 is 2.05 bits per heavy atom. The van der Waals surface area contributed by atoms with Crippen molar-refractivity contribution < 1.29 is 19.1 Å². The zero-order valence-electron chi connectivity index (χ0n) is 11.8. The van der Waals surface area contributed by atoms with E-state index >= 15 is 0 Å². The van der Waals surface area contributed by atoms with Gasteiger partial charge in [0, 0.05) is 18.6 Å². The minimum Gasteiger partial charge on any atom is -0.353 e. The van der Waals surface area contributed by atoms with Gasteiger partial charge in [-0.3, -0.25) is 9.59 Å². The zero-order chi connectivity index (χ0) is 14.9. The molecule has 1 heterocycles. The molecule has 110 valence electrons. The van der Waals surface area contributed by atoms with Crippen LogP contribution in [0.3, 0.4) is 0 Å². The second-order valence-electron chi connectivity index (χ2n) is 4.74. The Hall–Kier alpha value is -1.96. The van der Waals surface area contributed by atoms with Gasteiger partial charge >= 0.3 is 0 Å². The lowest BCUT2D eigenvalue weighted by atomic mass is 10.1. The summed E-state index contributed by atoms with van der Waals surface area (Å²) in [7, 11) is 0. The van der Waals surface area contributed by atoms with Crippen molar-refractivity contribution in [3.8, 4) is 11.8 Å². The van der Waals surface area contributed by atoms with Crippen LogP contribution in [0.4, 0.5) is 0 Å². The quantitative estimate of drug-likeness (QED) is 0.274. The van der Waals surface area contributed by atoms with Gasteiger partial charge in [0.15, 0.2) is 6.29 Å². The molecule has 1 fully saturated rings. The van der Waals surface area contributed by atoms with Gasteiger partial charge in [0.05, 0.1) is 6.61 Å². The standard InChI is InChI=1S/C17H18O4/c18-15(17(19)14-8-2-1-3-9-14)10-4-6-12-20-16-11-5-7-13-21-16/h1-3,8-9,16H,5-7,11-13H2. The summed E-state index contributed by atoms with van der Waals surface area (Å²) in [5, 5.41) is 0. The van der Waals surface area contributed by atoms with E-state index in [4.69, 9.17) is 9.47 Å². The number of carbonyl (C=O) groups is 2. The van der Waals surface area contributed by atoms with E-state index in [9.17, 15) is 9.59 Å². The van der Waals surface area contributed by atoms with Crippen LogP contribution in [0.15, 0.2) is 30.3 Å². The van der Waals surface area contributed by atoms with Gasteiger partial charge in [-0.15, -0.1) is 0 Å². The summed E-state index contributed by atoms with van der Waals surface area (Å²) in [5.41, 5.74) is 0.364. The molecule has 0 spiro atoms. The fraction of sp³-hybridized carbons (Fsp3) is 0.412. The lowest BCUT2D eigenvalue weighted by Gasteiger charge is -2.22. The molecule has 1 unspecified atom stereocenters. The molecular weight excluding hydrogens is 268 g/mol. The number of ether oxygens (including phenoxy) is 2. The molecule has 0 saturated carbocycles. The van der Waals surface area contributed by atoms with E-state index in [1.54, 1.807) is 30.3 Å². The third kappa shape index (κ3) is 5.14. The van der Waals surface area contributed by atoms with Gasteiger partial charge in [-0.25, -0.2) is 0 Å². The Labute approximate surface area is 124 Å². The van der Waals surface area contributed by atoms with Gasteiger partial charge < -0.3 is 9.47 Å². The molecule has 1 aliphatic heterocycles. The number of ketones is 2. The van der Waals surface area contributed by atoms with Crippen molar-refractivity contribution in [2.24, 2.45) is 0 Å². The fourth-order valence-corrected chi connectivity index (χ4v) is 2.00. The Bertz CT molecular complexity index is 533. The first kappa shape index (κ1) is 15.4. The largest absolute Gasteiger partial charge is 0.353 e. The van der Waals surface area contributed by atoms with Crippen molar-refractivity contribution in [2.75, 3.05) is 13.2 Å². The van der Waals surface area contributed by atoms with E-state index < -0.39 is 11.6 Å². The number of Topliss-reactive ketones (excluding diaryl/α,β-unsaturated/α-hetero) is 2. The van der Waals surface area contributed by atoms with Gasteiger partial charge in [-0.2, -0.15) is 0 Å². The molecule has 0 N–H and O–H groups in total. The second kappa shape index (κ2) is 8.35. The van der Waals surface area contributed by atoms with Crippen molar-refractivity contribution in [3.05, 3.63) is 35.9 Å². The van der Waals surface area contributed by atoms with Gasteiger partial charge in [-0.05, 0) is 25.2 Å². The molecule has 2 rings (SSSR count). The first-order chi connectivity index (χ1) is 10.3. The highest BCUT2D eigenvalue weighted by molar-refractivity contribution is 6.49. The summed E-state index contributed by atoms with van der Waals surface area (Å²) < 4.78 is 10.9. The topological polar surface area (TPSA) is 52.6 Å². The van der Waals surface area contributed by atoms with Crippen molar-refractivity contribution in [1.82, 2.24) is 0 Å². The Morgan fingerprint density at radius 3 is 2.76 bits per heavy atom. The molecular formula is C17H18O4. The maximum atomic E-state index is 11.8. The molecule has 1 saturated heterocycles. The van der Waals surface area contributed by atoms with Crippen molar-refractivity contribution in [2.45, 2.75) is 32.0 Å². The zero-order valence-corrected chi connectivity index (χ0v) is 11.8. The predicted octanol–water partition coefficient (Wildman–Crippen LogP) is 2.38. The van der Waals surface area contributed by atoms with Crippen LogP contribution >= 0.6 is 0 Å². The molecule has 1 aromatic carbocycles. The summed E-state index contributed by atoms with van der Waals surface area (Å²) >= 11 is 0. The lowest BCUT2D eigenvalue weighted by Crippen LogP contribution is -2.22. The van der Waals surface area contributed by atoms with E-state index in [0.29, 0.717) is 18.6 Å². The van der Waals surface area contributed by atoms with E-state index in [0.717, 1.165) is 25.9 Å². The normalized spacial score (nSPS) is 17.6. The highest BCUT2D eigenvalue weighted by Crippen LogP contribution is 2.13. The number of benzene rings is 1. The molecule has 21 heavy (non-hydrogen) atoms. The van der Waals surface area contributed by atoms with Crippen LogP contribution in [0.25, 0.3) is 0 Å². The van der Waals surface area contributed by atoms with Gasteiger partial charge in [0.1, 0.15) is 0 Å². The maximum Gasteiger partial charge on any atom is 0.276 e. The maximum absolute atomic E-state index is 11.8. The highest BCUT2D eigenvalue weighted by atomic mass is 16.7. The Kier molecular flexibility index (Phi) is 6.14. The monoisotopic (exact) mass is 286 g/mol. The minimum absolute atomic E-state index is 0.151. The lowest BCUT2D eigenvalue weighted by molar-refractivity contribution is -0.161. The van der Waals surface area contributed by atoms with Crippen molar-refractivity contribution in [3.63, 3.8) is 0 Å². The SMILES string of the molecule is O=C(C#CCCOC1CCCCO1)C(=O)c1ccccc1. The van der Waals surface area contributed by atoms with E-state index in [2.05, 4.69) is 11.8 Å².